The SMILES string of the molecule is CN1CCC(N2CCC[C@@H](C(=O)NC3(c4ccccc4)CC3)C2)CC1. The Labute approximate surface area is 151 Å². The summed E-state index contributed by atoms with van der Waals surface area (Å²) in [6.07, 6.45) is 6.85. The fourth-order valence-corrected chi connectivity index (χ4v) is 4.62. The van der Waals surface area contributed by atoms with Crippen LogP contribution in [0.1, 0.15) is 44.1 Å². The van der Waals surface area contributed by atoms with E-state index in [4.69, 9.17) is 0 Å². The normalized spacial score (nSPS) is 27.8. The third-order valence-electron chi connectivity index (χ3n) is 6.47. The van der Waals surface area contributed by atoms with Crippen molar-refractivity contribution in [2.24, 2.45) is 5.92 Å². The van der Waals surface area contributed by atoms with Crippen LogP contribution in [0.25, 0.3) is 0 Å². The van der Waals surface area contributed by atoms with Gasteiger partial charge in [0.15, 0.2) is 0 Å². The van der Waals surface area contributed by atoms with Gasteiger partial charge in [-0.15, -0.1) is 0 Å². The van der Waals surface area contributed by atoms with Gasteiger partial charge in [0.1, 0.15) is 0 Å². The minimum absolute atomic E-state index is 0.0752. The van der Waals surface area contributed by atoms with Crippen molar-refractivity contribution in [3.05, 3.63) is 35.9 Å². The second-order valence-electron chi connectivity index (χ2n) is 8.31. The molecule has 4 heteroatoms. The lowest BCUT2D eigenvalue weighted by Gasteiger charge is -2.41. The van der Waals surface area contributed by atoms with E-state index in [1.165, 1.54) is 38.0 Å². The molecule has 0 bridgehead atoms. The van der Waals surface area contributed by atoms with Gasteiger partial charge in [-0.3, -0.25) is 9.69 Å². The third-order valence-corrected chi connectivity index (χ3v) is 6.47. The lowest BCUT2D eigenvalue weighted by atomic mass is 9.92. The van der Waals surface area contributed by atoms with E-state index in [9.17, 15) is 4.79 Å². The smallest absolute Gasteiger partial charge is 0.225 e. The number of rotatable bonds is 4. The maximum absolute atomic E-state index is 13.0. The maximum atomic E-state index is 13.0. The molecule has 1 aromatic rings. The first-order valence-electron chi connectivity index (χ1n) is 9.96. The van der Waals surface area contributed by atoms with Gasteiger partial charge in [0, 0.05) is 12.6 Å². The molecule has 25 heavy (non-hydrogen) atoms. The zero-order chi connectivity index (χ0) is 17.3. The van der Waals surface area contributed by atoms with E-state index in [2.05, 4.69) is 46.4 Å². The van der Waals surface area contributed by atoms with Gasteiger partial charge >= 0.3 is 0 Å². The van der Waals surface area contributed by atoms with Crippen molar-refractivity contribution >= 4 is 5.91 Å². The number of hydrogen-bond acceptors (Lipinski definition) is 3. The number of likely N-dealkylation sites (tertiary alicyclic amines) is 2. The van der Waals surface area contributed by atoms with Crippen molar-refractivity contribution in [1.29, 1.82) is 0 Å². The van der Waals surface area contributed by atoms with Gasteiger partial charge in [0.2, 0.25) is 5.91 Å². The predicted octanol–water partition coefficient (Wildman–Crippen LogP) is 2.60. The van der Waals surface area contributed by atoms with Gasteiger partial charge < -0.3 is 10.2 Å². The molecule has 0 unspecified atom stereocenters. The van der Waals surface area contributed by atoms with Crippen LogP contribution in [-0.2, 0) is 10.3 Å². The molecule has 3 aliphatic rings. The largest absolute Gasteiger partial charge is 0.346 e. The fourth-order valence-electron chi connectivity index (χ4n) is 4.62. The molecule has 0 aromatic heterocycles. The summed E-state index contributed by atoms with van der Waals surface area (Å²) in [5.41, 5.74) is 1.19. The molecule has 1 saturated carbocycles. The number of amides is 1. The minimum Gasteiger partial charge on any atom is -0.346 e. The Hall–Kier alpha value is -1.39. The van der Waals surface area contributed by atoms with E-state index >= 15 is 0 Å². The lowest BCUT2D eigenvalue weighted by molar-refractivity contribution is -0.128. The van der Waals surface area contributed by atoms with Gasteiger partial charge in [0.05, 0.1) is 11.5 Å². The second-order valence-corrected chi connectivity index (χ2v) is 8.31. The van der Waals surface area contributed by atoms with Crippen LogP contribution < -0.4 is 5.32 Å². The minimum atomic E-state index is -0.0752. The number of nitrogens with zero attached hydrogens (tertiary/aromatic N) is 2. The fraction of sp³-hybridized carbons (Fsp3) is 0.667. The molecule has 1 amide bonds. The van der Waals surface area contributed by atoms with Gasteiger partial charge in [-0.1, -0.05) is 30.3 Å². The number of nitrogens with one attached hydrogen (secondary N) is 1. The molecule has 1 aliphatic carbocycles. The average Bonchev–Trinajstić information content (AvgIpc) is 3.44. The van der Waals surface area contributed by atoms with Crippen LogP contribution in [0.15, 0.2) is 30.3 Å². The van der Waals surface area contributed by atoms with E-state index < -0.39 is 0 Å². The Bertz CT molecular complexity index is 590. The van der Waals surface area contributed by atoms with Crippen LogP contribution in [0.5, 0.6) is 0 Å². The Kier molecular flexibility index (Phi) is 4.83. The molecule has 1 N–H and O–H groups in total. The van der Waals surface area contributed by atoms with Crippen molar-refractivity contribution in [2.45, 2.75) is 50.1 Å². The number of hydrogen-bond donors (Lipinski definition) is 1. The highest BCUT2D eigenvalue weighted by molar-refractivity contribution is 5.80. The number of carbonyl (C=O) groups excluding carboxylic acids is 1. The van der Waals surface area contributed by atoms with E-state index in [-0.39, 0.29) is 17.4 Å². The third kappa shape index (κ3) is 3.75. The van der Waals surface area contributed by atoms with Gasteiger partial charge in [-0.25, -0.2) is 0 Å². The summed E-state index contributed by atoms with van der Waals surface area (Å²) in [6.45, 7) is 4.50. The van der Waals surface area contributed by atoms with Crippen LogP contribution >= 0.6 is 0 Å². The quantitative estimate of drug-likeness (QED) is 0.914. The summed E-state index contributed by atoms with van der Waals surface area (Å²) in [5.74, 6) is 0.438. The van der Waals surface area contributed by atoms with Crippen molar-refractivity contribution < 1.29 is 4.79 Å². The standard InChI is InChI=1S/C21H31N3O/c1-23-14-9-19(10-15-23)24-13-5-6-17(16-24)20(25)22-21(11-12-21)18-7-3-2-4-8-18/h2-4,7-8,17,19H,5-6,9-16H2,1H3,(H,22,25)/t17-/m1/s1. The summed E-state index contributed by atoms with van der Waals surface area (Å²) in [7, 11) is 2.21. The molecule has 136 valence electrons. The van der Waals surface area contributed by atoms with Crippen molar-refractivity contribution in [3.8, 4) is 0 Å². The predicted molar refractivity (Wildman–Crippen MR) is 100 cm³/mol. The van der Waals surface area contributed by atoms with Gasteiger partial charge in [0.25, 0.3) is 0 Å². The molecule has 2 saturated heterocycles. The van der Waals surface area contributed by atoms with Gasteiger partial charge in [-0.05, 0) is 70.8 Å². The zero-order valence-corrected chi connectivity index (χ0v) is 15.4. The van der Waals surface area contributed by atoms with Gasteiger partial charge in [-0.2, -0.15) is 0 Å². The Morgan fingerprint density at radius 1 is 1.08 bits per heavy atom. The van der Waals surface area contributed by atoms with Crippen LogP contribution in [0.4, 0.5) is 0 Å². The van der Waals surface area contributed by atoms with Crippen molar-refractivity contribution in [1.82, 2.24) is 15.1 Å². The molecular weight excluding hydrogens is 310 g/mol. The highest BCUT2D eigenvalue weighted by atomic mass is 16.2. The summed E-state index contributed by atoms with van der Waals surface area (Å²) in [5, 5.41) is 3.41. The first-order chi connectivity index (χ1) is 12.2. The maximum Gasteiger partial charge on any atom is 0.225 e. The molecule has 0 spiro atoms. The topological polar surface area (TPSA) is 35.6 Å². The number of piperidine rings is 2. The first kappa shape index (κ1) is 17.0. The molecule has 1 aromatic carbocycles. The van der Waals surface area contributed by atoms with Crippen molar-refractivity contribution in [3.63, 3.8) is 0 Å². The highest BCUT2D eigenvalue weighted by Gasteiger charge is 2.46. The summed E-state index contributed by atoms with van der Waals surface area (Å²) >= 11 is 0. The average molecular weight is 341 g/mol. The van der Waals surface area contributed by atoms with Crippen LogP contribution in [0, 0.1) is 5.92 Å². The van der Waals surface area contributed by atoms with E-state index in [0.717, 1.165) is 32.2 Å². The molecule has 3 fully saturated rings. The van der Waals surface area contributed by atoms with E-state index in [0.29, 0.717) is 6.04 Å². The molecule has 2 aliphatic heterocycles. The molecule has 2 heterocycles. The molecule has 0 radical (unpaired) electrons. The summed E-state index contributed by atoms with van der Waals surface area (Å²) < 4.78 is 0. The van der Waals surface area contributed by atoms with E-state index in [1.807, 2.05) is 6.07 Å². The molecule has 4 nitrogen and oxygen atoms in total. The van der Waals surface area contributed by atoms with Crippen LogP contribution in [-0.4, -0.2) is 55.0 Å². The number of benzene rings is 1. The monoisotopic (exact) mass is 341 g/mol. The molecule has 1 atom stereocenters. The summed E-state index contributed by atoms with van der Waals surface area (Å²) in [4.78, 5) is 18.0. The summed E-state index contributed by atoms with van der Waals surface area (Å²) in [6, 6.07) is 11.2. The number of carbonyl (C=O) groups is 1. The van der Waals surface area contributed by atoms with E-state index in [1.54, 1.807) is 0 Å². The zero-order valence-electron chi connectivity index (χ0n) is 15.4. The Morgan fingerprint density at radius 3 is 2.48 bits per heavy atom. The lowest BCUT2D eigenvalue weighted by Crippen LogP contribution is -2.51. The first-order valence-corrected chi connectivity index (χ1v) is 9.96. The Morgan fingerprint density at radius 2 is 1.80 bits per heavy atom. The van der Waals surface area contributed by atoms with Crippen LogP contribution in [0.2, 0.25) is 0 Å². The second kappa shape index (κ2) is 7.08. The Balaban J connectivity index is 1.36. The molecular formula is C21H31N3O. The highest BCUT2D eigenvalue weighted by Crippen LogP contribution is 2.45. The van der Waals surface area contributed by atoms with Crippen molar-refractivity contribution in [2.75, 3.05) is 33.2 Å². The van der Waals surface area contributed by atoms with Crippen LogP contribution in [0.3, 0.4) is 0 Å². The molecule has 4 rings (SSSR count).